The average molecular weight is 215 g/mol. The van der Waals surface area contributed by atoms with Gasteiger partial charge in [0.2, 0.25) is 0 Å². The van der Waals surface area contributed by atoms with E-state index in [4.69, 9.17) is 4.74 Å². The Morgan fingerprint density at radius 1 is 1.31 bits per heavy atom. The second kappa shape index (κ2) is 3.41. The smallest absolute Gasteiger partial charge is 0.321 e. The molecule has 0 fully saturated rings. The summed E-state index contributed by atoms with van der Waals surface area (Å²) >= 11 is 0. The summed E-state index contributed by atoms with van der Waals surface area (Å²) in [5, 5.41) is 12.4. The molecule has 0 amide bonds. The molecule has 0 unspecified atom stereocenters. The Balaban J connectivity index is 2.43. The summed E-state index contributed by atoms with van der Waals surface area (Å²) in [4.78, 5) is 4.36. The van der Waals surface area contributed by atoms with Gasteiger partial charge in [0.1, 0.15) is 0 Å². The second-order valence-corrected chi connectivity index (χ2v) is 3.26. The number of hydrogen-bond donors (Lipinski definition) is 0. The minimum atomic E-state index is 0.418. The third-order valence-corrected chi connectivity index (χ3v) is 2.29. The van der Waals surface area contributed by atoms with Crippen LogP contribution in [0.1, 0.15) is 6.92 Å². The van der Waals surface area contributed by atoms with Crippen molar-refractivity contribution in [3.63, 3.8) is 0 Å². The maximum Gasteiger partial charge on any atom is 0.321 e. The molecule has 3 rings (SSSR count). The first kappa shape index (κ1) is 9.02. The Morgan fingerprint density at radius 3 is 3.06 bits per heavy atom. The summed E-state index contributed by atoms with van der Waals surface area (Å²) in [6.07, 6.45) is 0. The van der Waals surface area contributed by atoms with Crippen LogP contribution in [0.15, 0.2) is 24.3 Å². The summed E-state index contributed by atoms with van der Waals surface area (Å²) < 4.78 is 6.90. The molecule has 0 saturated carbocycles. The van der Waals surface area contributed by atoms with Gasteiger partial charge in [-0.3, -0.25) is 0 Å². The van der Waals surface area contributed by atoms with Crippen molar-refractivity contribution in [2.75, 3.05) is 6.61 Å². The molecule has 16 heavy (non-hydrogen) atoms. The molecule has 6 nitrogen and oxygen atoms in total. The van der Waals surface area contributed by atoms with Gasteiger partial charge in [0, 0.05) is 5.39 Å². The van der Waals surface area contributed by atoms with Crippen LogP contribution < -0.4 is 4.74 Å². The van der Waals surface area contributed by atoms with Gasteiger partial charge < -0.3 is 4.74 Å². The summed E-state index contributed by atoms with van der Waals surface area (Å²) in [5.74, 6) is 0. The lowest BCUT2D eigenvalue weighted by atomic mass is 10.2. The van der Waals surface area contributed by atoms with E-state index in [0.717, 1.165) is 10.9 Å². The lowest BCUT2D eigenvalue weighted by molar-refractivity contribution is 0.303. The monoisotopic (exact) mass is 215 g/mol. The van der Waals surface area contributed by atoms with E-state index in [2.05, 4.69) is 20.5 Å². The molecule has 3 aromatic rings. The van der Waals surface area contributed by atoms with Crippen molar-refractivity contribution in [2.24, 2.45) is 0 Å². The zero-order valence-corrected chi connectivity index (χ0v) is 8.66. The number of benzene rings is 1. The van der Waals surface area contributed by atoms with Crippen molar-refractivity contribution in [3.8, 4) is 6.01 Å². The number of aromatic nitrogens is 5. The second-order valence-electron chi connectivity index (χ2n) is 3.26. The Morgan fingerprint density at radius 2 is 2.19 bits per heavy atom. The summed E-state index contributed by atoms with van der Waals surface area (Å²) in [7, 11) is 0. The fourth-order valence-electron chi connectivity index (χ4n) is 1.62. The van der Waals surface area contributed by atoms with Crippen LogP contribution in [-0.2, 0) is 0 Å². The van der Waals surface area contributed by atoms with Crippen LogP contribution in [0.25, 0.3) is 16.6 Å². The van der Waals surface area contributed by atoms with Gasteiger partial charge in [-0.25, -0.2) is 0 Å². The molecule has 0 aliphatic carbocycles. The zero-order valence-electron chi connectivity index (χ0n) is 8.66. The molecule has 0 radical (unpaired) electrons. The molecule has 0 bridgehead atoms. The first-order valence-electron chi connectivity index (χ1n) is 5.00. The van der Waals surface area contributed by atoms with Crippen molar-refractivity contribution in [3.05, 3.63) is 24.3 Å². The maximum absolute atomic E-state index is 5.39. The van der Waals surface area contributed by atoms with E-state index in [1.165, 1.54) is 4.52 Å². The van der Waals surface area contributed by atoms with Crippen molar-refractivity contribution in [1.82, 2.24) is 25.0 Å². The van der Waals surface area contributed by atoms with E-state index >= 15 is 0 Å². The molecular formula is C10H9N5O. The van der Waals surface area contributed by atoms with Gasteiger partial charge in [-0.05, 0) is 29.5 Å². The maximum atomic E-state index is 5.39. The minimum absolute atomic E-state index is 0.418. The summed E-state index contributed by atoms with van der Waals surface area (Å²) in [6.45, 7) is 2.42. The Labute approximate surface area is 90.9 Å². The molecule has 0 atom stereocenters. The van der Waals surface area contributed by atoms with Gasteiger partial charge in [-0.2, -0.15) is 4.98 Å². The minimum Gasteiger partial charge on any atom is -0.464 e. The first-order chi connectivity index (χ1) is 7.90. The molecule has 0 aliphatic heterocycles. The topological polar surface area (TPSA) is 65.2 Å². The molecule has 2 heterocycles. The predicted molar refractivity (Wildman–Crippen MR) is 57.3 cm³/mol. The van der Waals surface area contributed by atoms with Crippen LogP contribution in [0.5, 0.6) is 6.01 Å². The highest BCUT2D eigenvalue weighted by Gasteiger charge is 2.10. The van der Waals surface area contributed by atoms with E-state index in [1.807, 2.05) is 31.2 Å². The third kappa shape index (κ3) is 1.19. The molecule has 6 heteroatoms. The normalized spacial score (nSPS) is 11.1. The molecule has 0 N–H and O–H groups in total. The van der Waals surface area contributed by atoms with Gasteiger partial charge >= 0.3 is 6.01 Å². The molecule has 1 aromatic carbocycles. The lowest BCUT2D eigenvalue weighted by Crippen LogP contribution is -2.03. The molecule has 0 spiro atoms. The van der Waals surface area contributed by atoms with Gasteiger partial charge in [0.05, 0.1) is 12.1 Å². The van der Waals surface area contributed by atoms with E-state index in [-0.39, 0.29) is 0 Å². The van der Waals surface area contributed by atoms with Crippen LogP contribution in [0.2, 0.25) is 0 Å². The van der Waals surface area contributed by atoms with Crippen LogP contribution >= 0.6 is 0 Å². The van der Waals surface area contributed by atoms with Crippen molar-refractivity contribution < 1.29 is 4.74 Å². The molecule has 80 valence electrons. The molecular weight excluding hydrogens is 206 g/mol. The van der Waals surface area contributed by atoms with Crippen LogP contribution in [0, 0.1) is 0 Å². The molecule has 0 saturated heterocycles. The number of para-hydroxylation sites is 1. The molecule has 0 aliphatic rings. The number of ether oxygens (including phenoxy) is 1. The van der Waals surface area contributed by atoms with Crippen LogP contribution in [-0.4, -0.2) is 31.6 Å². The average Bonchev–Trinajstić information content (AvgIpc) is 2.79. The number of fused-ring (bicyclic) bond motifs is 3. The third-order valence-electron chi connectivity index (χ3n) is 2.29. The van der Waals surface area contributed by atoms with Crippen LogP contribution in [0.3, 0.4) is 0 Å². The number of rotatable bonds is 2. The van der Waals surface area contributed by atoms with Gasteiger partial charge in [0.15, 0.2) is 5.65 Å². The van der Waals surface area contributed by atoms with Gasteiger partial charge in [-0.1, -0.05) is 12.1 Å². The zero-order chi connectivity index (χ0) is 11.0. The Hall–Kier alpha value is -2.24. The van der Waals surface area contributed by atoms with E-state index in [1.54, 1.807) is 0 Å². The number of hydrogen-bond acceptors (Lipinski definition) is 5. The van der Waals surface area contributed by atoms with Crippen molar-refractivity contribution in [2.45, 2.75) is 6.92 Å². The Kier molecular flexibility index (Phi) is 1.92. The largest absolute Gasteiger partial charge is 0.464 e. The van der Waals surface area contributed by atoms with E-state index in [9.17, 15) is 0 Å². The highest BCUT2D eigenvalue weighted by Crippen LogP contribution is 2.19. The summed E-state index contributed by atoms with van der Waals surface area (Å²) in [5.41, 5.74) is 1.49. The van der Waals surface area contributed by atoms with E-state index in [0.29, 0.717) is 18.3 Å². The molecule has 2 aromatic heterocycles. The fourth-order valence-corrected chi connectivity index (χ4v) is 1.62. The lowest BCUT2D eigenvalue weighted by Gasteiger charge is -2.04. The Bertz CT molecular complexity index is 648. The standard InChI is InChI=1S/C10H9N5O/c1-2-16-10-11-8-6-4-3-5-7(8)9-12-13-14-15(9)10/h3-6H,2H2,1H3. The van der Waals surface area contributed by atoms with E-state index < -0.39 is 0 Å². The van der Waals surface area contributed by atoms with Crippen molar-refractivity contribution in [1.29, 1.82) is 0 Å². The summed E-state index contributed by atoms with van der Waals surface area (Å²) in [6, 6.07) is 8.11. The quantitative estimate of drug-likeness (QED) is 0.639. The first-order valence-corrected chi connectivity index (χ1v) is 5.00. The van der Waals surface area contributed by atoms with Gasteiger partial charge in [-0.15, -0.1) is 9.61 Å². The number of nitrogens with zero attached hydrogens (tertiary/aromatic N) is 5. The number of tetrazole rings is 1. The van der Waals surface area contributed by atoms with Crippen LogP contribution in [0.4, 0.5) is 0 Å². The highest BCUT2D eigenvalue weighted by atomic mass is 16.5. The SMILES string of the molecule is CCOc1nc2ccccc2c2nnnn12. The fraction of sp³-hybridized carbons (Fsp3) is 0.200. The van der Waals surface area contributed by atoms with Gasteiger partial charge in [0.25, 0.3) is 0 Å². The van der Waals surface area contributed by atoms with Crippen molar-refractivity contribution >= 4 is 16.6 Å². The predicted octanol–water partition coefficient (Wildman–Crippen LogP) is 1.07. The highest BCUT2D eigenvalue weighted by molar-refractivity contribution is 5.91.